The van der Waals surface area contributed by atoms with E-state index in [9.17, 15) is 5.11 Å². The number of hydrogen-bond donors (Lipinski definition) is 2. The van der Waals surface area contributed by atoms with E-state index in [0.29, 0.717) is 18.7 Å². The molecule has 0 bridgehead atoms. The molecule has 0 saturated heterocycles. The third kappa shape index (κ3) is 1.95. The van der Waals surface area contributed by atoms with Crippen LogP contribution in [0.3, 0.4) is 0 Å². The maximum absolute atomic E-state index is 9.38. The fourth-order valence-corrected chi connectivity index (χ4v) is 1.24. The SMILES string of the molecule is COc1cc(O)c(C#N)cc1CCN. The minimum absolute atomic E-state index is 0.0647. The van der Waals surface area contributed by atoms with Gasteiger partial charge in [0.05, 0.1) is 12.7 Å². The van der Waals surface area contributed by atoms with Gasteiger partial charge in [-0.3, -0.25) is 0 Å². The van der Waals surface area contributed by atoms with E-state index in [0.717, 1.165) is 5.56 Å². The predicted molar refractivity (Wildman–Crippen MR) is 52.1 cm³/mol. The summed E-state index contributed by atoms with van der Waals surface area (Å²) in [5.41, 5.74) is 6.49. The average Bonchev–Trinajstić information content (AvgIpc) is 2.20. The molecule has 0 fully saturated rings. The molecule has 0 atom stereocenters. The van der Waals surface area contributed by atoms with Crippen LogP contribution < -0.4 is 10.5 Å². The third-order valence-corrected chi connectivity index (χ3v) is 1.93. The van der Waals surface area contributed by atoms with Crippen molar-refractivity contribution in [2.75, 3.05) is 13.7 Å². The molecular weight excluding hydrogens is 180 g/mol. The summed E-state index contributed by atoms with van der Waals surface area (Å²) in [6.07, 6.45) is 0.623. The number of nitrogens with two attached hydrogens (primary N) is 1. The summed E-state index contributed by atoms with van der Waals surface area (Å²) in [7, 11) is 1.51. The van der Waals surface area contributed by atoms with E-state index in [-0.39, 0.29) is 11.3 Å². The van der Waals surface area contributed by atoms with Crippen molar-refractivity contribution in [1.29, 1.82) is 5.26 Å². The Morgan fingerprint density at radius 3 is 2.79 bits per heavy atom. The lowest BCUT2D eigenvalue weighted by Crippen LogP contribution is -2.04. The first-order chi connectivity index (χ1) is 6.72. The zero-order valence-corrected chi connectivity index (χ0v) is 7.95. The van der Waals surface area contributed by atoms with E-state index < -0.39 is 0 Å². The Morgan fingerprint density at radius 1 is 1.57 bits per heavy atom. The van der Waals surface area contributed by atoms with Gasteiger partial charge in [0.15, 0.2) is 0 Å². The molecule has 1 aromatic carbocycles. The molecule has 1 aromatic rings. The molecule has 74 valence electrons. The molecule has 4 heteroatoms. The van der Waals surface area contributed by atoms with Crippen LogP contribution >= 0.6 is 0 Å². The van der Waals surface area contributed by atoms with E-state index in [2.05, 4.69) is 0 Å². The van der Waals surface area contributed by atoms with Gasteiger partial charge in [-0.25, -0.2) is 0 Å². The van der Waals surface area contributed by atoms with E-state index >= 15 is 0 Å². The molecule has 0 aliphatic heterocycles. The second-order valence-electron chi connectivity index (χ2n) is 2.83. The van der Waals surface area contributed by atoms with Gasteiger partial charge in [0.1, 0.15) is 17.6 Å². The number of ether oxygens (including phenoxy) is 1. The summed E-state index contributed by atoms with van der Waals surface area (Å²) in [6.45, 7) is 0.478. The highest BCUT2D eigenvalue weighted by atomic mass is 16.5. The van der Waals surface area contributed by atoms with Crippen molar-refractivity contribution < 1.29 is 9.84 Å². The van der Waals surface area contributed by atoms with E-state index in [1.54, 1.807) is 6.07 Å². The Balaban J connectivity index is 3.19. The highest BCUT2D eigenvalue weighted by Gasteiger charge is 2.08. The second kappa shape index (κ2) is 4.49. The smallest absolute Gasteiger partial charge is 0.137 e. The lowest BCUT2D eigenvalue weighted by molar-refractivity contribution is 0.402. The summed E-state index contributed by atoms with van der Waals surface area (Å²) in [5.74, 6) is 0.497. The fraction of sp³-hybridized carbons (Fsp3) is 0.300. The fourth-order valence-electron chi connectivity index (χ4n) is 1.24. The Kier molecular flexibility index (Phi) is 3.32. The van der Waals surface area contributed by atoms with Crippen LogP contribution in [-0.4, -0.2) is 18.8 Å². The number of phenols is 1. The van der Waals surface area contributed by atoms with Gasteiger partial charge >= 0.3 is 0 Å². The quantitative estimate of drug-likeness (QED) is 0.741. The van der Waals surface area contributed by atoms with Crippen molar-refractivity contribution in [2.24, 2.45) is 5.73 Å². The summed E-state index contributed by atoms with van der Waals surface area (Å²) >= 11 is 0. The first kappa shape index (κ1) is 10.4. The molecule has 4 nitrogen and oxygen atoms in total. The number of aromatic hydroxyl groups is 1. The van der Waals surface area contributed by atoms with Crippen molar-refractivity contribution in [3.63, 3.8) is 0 Å². The second-order valence-corrected chi connectivity index (χ2v) is 2.83. The first-order valence-corrected chi connectivity index (χ1v) is 4.23. The van der Waals surface area contributed by atoms with Crippen molar-refractivity contribution in [3.8, 4) is 17.6 Å². The van der Waals surface area contributed by atoms with Gasteiger partial charge in [0.25, 0.3) is 0 Å². The molecular formula is C10H12N2O2. The Hall–Kier alpha value is -1.73. The van der Waals surface area contributed by atoms with Crippen LogP contribution in [-0.2, 0) is 6.42 Å². The van der Waals surface area contributed by atoms with Crippen molar-refractivity contribution in [1.82, 2.24) is 0 Å². The molecule has 0 spiro atoms. The van der Waals surface area contributed by atoms with Gasteiger partial charge in [-0.1, -0.05) is 0 Å². The van der Waals surface area contributed by atoms with Crippen LogP contribution in [0, 0.1) is 11.3 Å². The summed E-state index contributed by atoms with van der Waals surface area (Å²) in [5, 5.41) is 18.1. The number of nitriles is 1. The summed E-state index contributed by atoms with van der Waals surface area (Å²) in [6, 6.07) is 4.93. The van der Waals surface area contributed by atoms with Gasteiger partial charge in [-0.15, -0.1) is 0 Å². The molecule has 0 aromatic heterocycles. The van der Waals surface area contributed by atoms with Gasteiger partial charge < -0.3 is 15.6 Å². The van der Waals surface area contributed by atoms with Gasteiger partial charge in [-0.05, 0) is 24.6 Å². The van der Waals surface area contributed by atoms with Gasteiger partial charge in [0.2, 0.25) is 0 Å². The largest absolute Gasteiger partial charge is 0.506 e. The molecule has 0 radical (unpaired) electrons. The zero-order valence-electron chi connectivity index (χ0n) is 7.95. The predicted octanol–water partition coefficient (Wildman–Crippen LogP) is 0.774. The lowest BCUT2D eigenvalue weighted by Gasteiger charge is -2.08. The van der Waals surface area contributed by atoms with Gasteiger partial charge in [0, 0.05) is 6.07 Å². The number of methoxy groups -OCH3 is 1. The van der Waals surface area contributed by atoms with E-state index in [1.165, 1.54) is 13.2 Å². The number of phenolic OH excluding ortho intramolecular Hbond substituents is 1. The highest BCUT2D eigenvalue weighted by molar-refractivity contribution is 5.51. The maximum Gasteiger partial charge on any atom is 0.137 e. The summed E-state index contributed by atoms with van der Waals surface area (Å²) in [4.78, 5) is 0. The number of hydrogen-bond acceptors (Lipinski definition) is 4. The highest BCUT2D eigenvalue weighted by Crippen LogP contribution is 2.27. The van der Waals surface area contributed by atoms with Crippen LogP contribution in [0.5, 0.6) is 11.5 Å². The molecule has 3 N–H and O–H groups in total. The maximum atomic E-state index is 9.38. The molecule has 14 heavy (non-hydrogen) atoms. The Morgan fingerprint density at radius 2 is 2.29 bits per heavy atom. The minimum Gasteiger partial charge on any atom is -0.506 e. The zero-order chi connectivity index (χ0) is 10.6. The van der Waals surface area contributed by atoms with Gasteiger partial charge in [-0.2, -0.15) is 5.26 Å². The molecule has 0 amide bonds. The van der Waals surface area contributed by atoms with Crippen molar-refractivity contribution in [2.45, 2.75) is 6.42 Å². The minimum atomic E-state index is -0.0647. The molecule has 1 rings (SSSR count). The summed E-state index contributed by atoms with van der Waals surface area (Å²) < 4.78 is 5.05. The molecule has 0 saturated carbocycles. The third-order valence-electron chi connectivity index (χ3n) is 1.93. The van der Waals surface area contributed by atoms with E-state index in [1.807, 2.05) is 6.07 Å². The number of benzene rings is 1. The monoisotopic (exact) mass is 192 g/mol. The van der Waals surface area contributed by atoms with Crippen molar-refractivity contribution >= 4 is 0 Å². The van der Waals surface area contributed by atoms with Crippen LogP contribution in [0.4, 0.5) is 0 Å². The standard InChI is InChI=1S/C10H12N2O2/c1-14-10-5-9(13)8(6-12)4-7(10)2-3-11/h4-5,13H,2-3,11H2,1H3. The van der Waals surface area contributed by atoms with Crippen LogP contribution in [0.1, 0.15) is 11.1 Å². The average molecular weight is 192 g/mol. The topological polar surface area (TPSA) is 79.3 Å². The van der Waals surface area contributed by atoms with Crippen LogP contribution in [0.25, 0.3) is 0 Å². The normalized spacial score (nSPS) is 9.50. The Labute approximate surface area is 82.5 Å². The lowest BCUT2D eigenvalue weighted by atomic mass is 10.1. The molecule has 0 unspecified atom stereocenters. The van der Waals surface area contributed by atoms with Crippen LogP contribution in [0.2, 0.25) is 0 Å². The first-order valence-electron chi connectivity index (χ1n) is 4.23. The number of nitrogens with zero attached hydrogens (tertiary/aromatic N) is 1. The van der Waals surface area contributed by atoms with Crippen molar-refractivity contribution in [3.05, 3.63) is 23.3 Å². The Bertz CT molecular complexity index is 369. The molecule has 0 heterocycles. The number of rotatable bonds is 3. The molecule has 0 aliphatic carbocycles. The molecule has 0 aliphatic rings. The van der Waals surface area contributed by atoms with Crippen LogP contribution in [0.15, 0.2) is 12.1 Å². The van der Waals surface area contributed by atoms with E-state index in [4.69, 9.17) is 15.7 Å².